The molecule has 19 nitrogen and oxygen atoms in total. The number of rotatable bonds is 13. The molecule has 0 spiro atoms. The van der Waals surface area contributed by atoms with Crippen LogP contribution in [0.3, 0.4) is 0 Å². The first kappa shape index (κ1) is 53.8. The van der Waals surface area contributed by atoms with E-state index in [1.807, 2.05) is 34.6 Å². The van der Waals surface area contributed by atoms with Gasteiger partial charge in [0.2, 0.25) is 0 Å². The predicted molar refractivity (Wildman–Crippen MR) is 235 cm³/mol. The van der Waals surface area contributed by atoms with Gasteiger partial charge in [0.1, 0.15) is 73.2 Å². The fraction of sp³-hybridized carbons (Fsp3) is 0.958. The average Bonchev–Trinajstić information content (AvgIpc) is 3.65. The molecule has 7 aliphatic rings. The number of aliphatic hydroxyl groups excluding tert-OH is 13. The van der Waals surface area contributed by atoms with Crippen molar-refractivity contribution in [3.8, 4) is 0 Å². The lowest BCUT2D eigenvalue weighted by Gasteiger charge is -2.71. The third kappa shape index (κ3) is 9.03. The van der Waals surface area contributed by atoms with Gasteiger partial charge >= 0.3 is 0 Å². The number of hydrogen-bond donors (Lipinski definition) is 13. The second kappa shape index (κ2) is 19.8. The molecule has 3 saturated heterocycles. The van der Waals surface area contributed by atoms with Gasteiger partial charge in [-0.3, -0.25) is 0 Å². The quantitative estimate of drug-likeness (QED) is 0.0773. The molecular formula is C48H82O19. The summed E-state index contributed by atoms with van der Waals surface area (Å²) in [5.74, 6) is -0.628. The van der Waals surface area contributed by atoms with Crippen molar-refractivity contribution in [3.05, 3.63) is 11.6 Å². The van der Waals surface area contributed by atoms with Crippen LogP contribution in [0.25, 0.3) is 0 Å². The van der Waals surface area contributed by atoms with Gasteiger partial charge < -0.3 is 94.8 Å². The summed E-state index contributed by atoms with van der Waals surface area (Å²) in [4.78, 5) is 0. The maximum Gasteiger partial charge on any atom is 0.187 e. The summed E-state index contributed by atoms with van der Waals surface area (Å²) in [6, 6.07) is 0. The summed E-state index contributed by atoms with van der Waals surface area (Å²) >= 11 is 0. The monoisotopic (exact) mass is 963 g/mol. The lowest BCUT2D eigenvalue weighted by molar-refractivity contribution is -0.383. The summed E-state index contributed by atoms with van der Waals surface area (Å²) < 4.78 is 36.9. The van der Waals surface area contributed by atoms with E-state index in [2.05, 4.69) is 26.8 Å². The molecule has 4 aliphatic carbocycles. The highest BCUT2D eigenvalue weighted by Crippen LogP contribution is 2.76. The largest absolute Gasteiger partial charge is 0.394 e. The normalized spacial score (nSPS) is 52.9. The molecule has 4 saturated carbocycles. The lowest BCUT2D eigenvalue weighted by Crippen LogP contribution is -2.70. The van der Waals surface area contributed by atoms with E-state index in [0.717, 1.165) is 24.8 Å². The van der Waals surface area contributed by atoms with Gasteiger partial charge in [0.25, 0.3) is 0 Å². The van der Waals surface area contributed by atoms with E-state index in [0.29, 0.717) is 25.7 Å². The van der Waals surface area contributed by atoms with Crippen molar-refractivity contribution < 1.29 is 94.8 Å². The van der Waals surface area contributed by atoms with E-state index < -0.39 is 152 Å². The predicted octanol–water partition coefficient (Wildman–Crippen LogP) is -1.06. The first-order valence-electron chi connectivity index (χ1n) is 24.5. The molecule has 26 atom stereocenters. The Morgan fingerprint density at radius 3 is 1.70 bits per heavy atom. The zero-order valence-corrected chi connectivity index (χ0v) is 40.3. The average molecular weight is 963 g/mol. The number of ether oxygens (including phenoxy) is 6. The fourth-order valence-electron chi connectivity index (χ4n) is 15.0. The van der Waals surface area contributed by atoms with Crippen molar-refractivity contribution in [3.63, 3.8) is 0 Å². The zero-order valence-electron chi connectivity index (χ0n) is 40.3. The van der Waals surface area contributed by atoms with Crippen molar-refractivity contribution in [1.82, 2.24) is 0 Å². The SMILES string of the molecule is CC(C)=CCC[C@@](C)(O[C@@H]1O[C@H](CO)[C@@H](O)[C@H](O)[C@H]1O)[C@@H]1CC[C@@]2(C)[C@H]1[C@@H](O)C[C@H]1[C@]3(C)C[C@H](O)[C@@H](O[C@H]4O[C@@H](CO)[C@H](O)[C@@H](O)[C@@H]4O[C@H]4O[C@@H](CO)[C@H](O)[C@@H](O)[C@@H]4O)C(C)(C)[C@H]3CC[C@@]12C. The Morgan fingerprint density at radius 2 is 1.13 bits per heavy atom. The molecule has 13 N–H and O–H groups in total. The van der Waals surface area contributed by atoms with E-state index in [4.69, 9.17) is 28.4 Å². The van der Waals surface area contributed by atoms with Gasteiger partial charge in [-0.2, -0.15) is 0 Å². The van der Waals surface area contributed by atoms with E-state index in [1.165, 1.54) is 0 Å². The topological polar surface area (TPSA) is 318 Å². The summed E-state index contributed by atoms with van der Waals surface area (Å²) in [7, 11) is 0. The zero-order chi connectivity index (χ0) is 49.5. The van der Waals surface area contributed by atoms with Crippen LogP contribution in [-0.2, 0) is 28.4 Å². The maximum atomic E-state index is 12.7. The van der Waals surface area contributed by atoms with E-state index in [9.17, 15) is 66.4 Å². The van der Waals surface area contributed by atoms with Crippen LogP contribution in [0.4, 0.5) is 0 Å². The van der Waals surface area contributed by atoms with Gasteiger partial charge in [-0.1, -0.05) is 46.3 Å². The summed E-state index contributed by atoms with van der Waals surface area (Å²) in [6.07, 6.45) is -19.6. The van der Waals surface area contributed by atoms with E-state index in [1.54, 1.807) is 0 Å². The first-order chi connectivity index (χ1) is 31.3. The minimum atomic E-state index is -1.85. The third-order valence-electron chi connectivity index (χ3n) is 18.7. The van der Waals surface area contributed by atoms with Gasteiger partial charge in [-0.05, 0) is 117 Å². The second-order valence-electron chi connectivity index (χ2n) is 23.1. The van der Waals surface area contributed by atoms with Crippen molar-refractivity contribution in [1.29, 1.82) is 0 Å². The Bertz CT molecular complexity index is 1710. The van der Waals surface area contributed by atoms with Crippen molar-refractivity contribution in [2.75, 3.05) is 19.8 Å². The first-order valence-corrected chi connectivity index (χ1v) is 24.5. The number of hydrogen-bond acceptors (Lipinski definition) is 19. The molecule has 0 amide bonds. The number of fused-ring (bicyclic) bond motifs is 5. The van der Waals surface area contributed by atoms with E-state index >= 15 is 0 Å². The Morgan fingerprint density at radius 1 is 0.612 bits per heavy atom. The molecule has 0 radical (unpaired) electrons. The van der Waals surface area contributed by atoms with Crippen LogP contribution in [0.1, 0.15) is 107 Å². The molecule has 0 bridgehead atoms. The number of aliphatic hydroxyl groups is 13. The van der Waals surface area contributed by atoms with Crippen LogP contribution >= 0.6 is 0 Å². The van der Waals surface area contributed by atoms with Crippen LogP contribution in [0.15, 0.2) is 11.6 Å². The molecule has 7 fully saturated rings. The molecule has 0 aromatic heterocycles. The Balaban J connectivity index is 1.15. The molecule has 3 aliphatic heterocycles. The van der Waals surface area contributed by atoms with Crippen LogP contribution in [0, 0.1) is 45.3 Å². The Labute approximate surface area is 393 Å². The van der Waals surface area contributed by atoms with Crippen molar-refractivity contribution in [2.24, 2.45) is 45.3 Å². The number of allylic oxidation sites excluding steroid dienone is 2. The molecule has 19 heteroatoms. The standard InChI is InChI=1S/C48H82O19/c1-21(2)10-9-13-48(8,67-42-38(61)35(58)32(55)26(19-50)63-42)22-11-14-47(7)30(22)23(52)16-29-45(5)17-24(53)40(44(3,4)28(45)12-15-46(29,47)6)66-43-39(36(59)33(56)27(20-51)64-43)65-41-37(60)34(57)31(54)25(18-49)62-41/h10,22-43,49-61H,9,11-20H2,1-8H3/t22-,23+,24+,25+,26-,27+,28-,29+,30-,31+,32-,33+,34-,35+,36-,37+,38-,39+,40-,41-,42+,43-,45-,46+,47+,48-/m1/s1. The van der Waals surface area contributed by atoms with Crippen LogP contribution in [0.5, 0.6) is 0 Å². The van der Waals surface area contributed by atoms with Crippen LogP contribution < -0.4 is 0 Å². The van der Waals surface area contributed by atoms with E-state index in [-0.39, 0.29) is 35.5 Å². The summed E-state index contributed by atoms with van der Waals surface area (Å²) in [5, 5.41) is 141. The summed E-state index contributed by atoms with van der Waals surface area (Å²) in [5.41, 5.74) is -1.96. The van der Waals surface area contributed by atoms with Gasteiger partial charge in [-0.25, -0.2) is 0 Å². The van der Waals surface area contributed by atoms with Gasteiger partial charge in [0.15, 0.2) is 18.9 Å². The lowest BCUT2D eigenvalue weighted by atomic mass is 9.35. The highest BCUT2D eigenvalue weighted by atomic mass is 16.8. The minimum Gasteiger partial charge on any atom is -0.394 e. The molecular weight excluding hydrogens is 881 g/mol. The van der Waals surface area contributed by atoms with Crippen molar-refractivity contribution in [2.45, 2.75) is 223 Å². The molecule has 388 valence electrons. The highest BCUT2D eigenvalue weighted by molar-refractivity contribution is 5.21. The highest BCUT2D eigenvalue weighted by Gasteiger charge is 2.73. The maximum absolute atomic E-state index is 12.7. The summed E-state index contributed by atoms with van der Waals surface area (Å²) in [6.45, 7) is 14.7. The third-order valence-corrected chi connectivity index (χ3v) is 18.7. The minimum absolute atomic E-state index is 0.0733. The fourth-order valence-corrected chi connectivity index (χ4v) is 15.0. The Kier molecular flexibility index (Phi) is 15.9. The Hall–Kier alpha value is -1.02. The van der Waals surface area contributed by atoms with Crippen molar-refractivity contribution >= 4 is 0 Å². The molecule has 7 rings (SSSR count). The van der Waals surface area contributed by atoms with Gasteiger partial charge in [0, 0.05) is 0 Å². The smallest absolute Gasteiger partial charge is 0.187 e. The van der Waals surface area contributed by atoms with Gasteiger partial charge in [0.05, 0.1) is 43.7 Å². The molecule has 0 aromatic rings. The molecule has 0 unspecified atom stereocenters. The van der Waals surface area contributed by atoms with Crippen LogP contribution in [-0.4, -0.2) is 202 Å². The molecule has 0 aromatic carbocycles. The van der Waals surface area contributed by atoms with Gasteiger partial charge in [-0.15, -0.1) is 0 Å². The molecule has 3 heterocycles. The molecule has 67 heavy (non-hydrogen) atoms. The van der Waals surface area contributed by atoms with Crippen LogP contribution in [0.2, 0.25) is 0 Å². The second-order valence-corrected chi connectivity index (χ2v) is 23.1.